The molecule has 0 amide bonds. The molecule has 2 aromatic rings. The number of rotatable bonds is 6. The zero-order valence-electron chi connectivity index (χ0n) is 16.8. The summed E-state index contributed by atoms with van der Waals surface area (Å²) in [5, 5.41) is 0. The van der Waals surface area contributed by atoms with E-state index in [-0.39, 0.29) is 5.56 Å². The monoisotopic (exact) mass is 414 g/mol. The van der Waals surface area contributed by atoms with Crippen LogP contribution in [0.4, 0.5) is 5.82 Å². The van der Waals surface area contributed by atoms with Crippen molar-refractivity contribution in [2.24, 2.45) is 18.9 Å². The van der Waals surface area contributed by atoms with Gasteiger partial charge in [0, 0.05) is 38.5 Å². The van der Waals surface area contributed by atoms with Gasteiger partial charge in [-0.2, -0.15) is 0 Å². The van der Waals surface area contributed by atoms with Crippen LogP contribution in [0.5, 0.6) is 5.75 Å². The van der Waals surface area contributed by atoms with Gasteiger partial charge in [-0.15, -0.1) is 0 Å². The van der Waals surface area contributed by atoms with Gasteiger partial charge in [-0.1, -0.05) is 11.8 Å². The van der Waals surface area contributed by atoms with E-state index in [0.29, 0.717) is 29.3 Å². The van der Waals surface area contributed by atoms with Crippen LogP contribution in [0.25, 0.3) is 0 Å². The lowest BCUT2D eigenvalue weighted by atomic mass is 10.1. The molecule has 7 nitrogen and oxygen atoms in total. The number of hydrogen-bond acceptors (Lipinski definition) is 7. The van der Waals surface area contributed by atoms with E-state index in [2.05, 4.69) is 14.9 Å². The minimum absolute atomic E-state index is 0.0456. The molecule has 1 saturated heterocycles. The van der Waals surface area contributed by atoms with Gasteiger partial charge in [0.05, 0.1) is 22.4 Å². The quantitative estimate of drug-likeness (QED) is 0.720. The topological polar surface area (TPSA) is 69.5 Å². The van der Waals surface area contributed by atoms with Gasteiger partial charge in [0.2, 0.25) is 0 Å². The maximum atomic E-state index is 12.6. The van der Waals surface area contributed by atoms with Crippen LogP contribution < -0.4 is 15.2 Å². The van der Waals surface area contributed by atoms with Crippen LogP contribution in [0.2, 0.25) is 0 Å². The van der Waals surface area contributed by atoms with E-state index >= 15 is 0 Å². The van der Waals surface area contributed by atoms with Crippen LogP contribution in [-0.2, 0) is 11.8 Å². The molecule has 0 spiro atoms. The van der Waals surface area contributed by atoms with Crippen LogP contribution in [-0.4, -0.2) is 46.9 Å². The molecule has 0 aromatic carbocycles. The molecule has 1 aliphatic carbocycles. The molecule has 1 unspecified atom stereocenters. The largest absolute Gasteiger partial charge is 0.486 e. The van der Waals surface area contributed by atoms with Gasteiger partial charge >= 0.3 is 0 Å². The normalized spacial score (nSPS) is 22.9. The Balaban J connectivity index is 1.34. The lowest BCUT2D eigenvalue weighted by molar-refractivity contribution is 0.0956. The highest BCUT2D eigenvalue weighted by Crippen LogP contribution is 2.44. The first-order valence-electron chi connectivity index (χ1n) is 10.3. The second-order valence-corrected chi connectivity index (χ2v) is 9.38. The molecule has 29 heavy (non-hydrogen) atoms. The Hall–Kier alpha value is -2.06. The van der Waals surface area contributed by atoms with Crippen molar-refractivity contribution in [3.63, 3.8) is 0 Å². The second kappa shape index (κ2) is 7.65. The van der Waals surface area contributed by atoms with Gasteiger partial charge in [0.25, 0.3) is 5.56 Å². The Morgan fingerprint density at radius 2 is 2.07 bits per heavy atom. The summed E-state index contributed by atoms with van der Waals surface area (Å²) >= 11 is 1.40. The minimum Gasteiger partial charge on any atom is -0.486 e. The number of aromatic nitrogens is 3. The SMILES string of the molecule is Cc1ncc(Sc2ccnc3c2OC[C@@H]2CC(COCC4CC4)CN32)c(=O)n1C. The van der Waals surface area contributed by atoms with Crippen molar-refractivity contribution in [3.8, 4) is 5.75 Å². The summed E-state index contributed by atoms with van der Waals surface area (Å²) in [6.07, 6.45) is 7.17. The van der Waals surface area contributed by atoms with Gasteiger partial charge in [-0.3, -0.25) is 9.36 Å². The molecule has 0 N–H and O–H groups in total. The van der Waals surface area contributed by atoms with Crippen molar-refractivity contribution in [2.45, 2.75) is 42.0 Å². The van der Waals surface area contributed by atoms with Crippen molar-refractivity contribution in [2.75, 3.05) is 31.3 Å². The molecule has 154 valence electrons. The number of anilines is 1. The molecule has 3 aliphatic rings. The fourth-order valence-electron chi connectivity index (χ4n) is 4.05. The van der Waals surface area contributed by atoms with Gasteiger partial charge in [0.15, 0.2) is 11.6 Å². The standard InChI is InChI=1S/C21H26N4O3S/c1-13-23-8-18(21(26)24(13)2)29-17-5-6-22-20-19(17)28-12-16-7-15(9-25(16)20)11-27-10-14-3-4-14/h5-6,8,14-16H,3-4,7,9-12H2,1-2H3/t15?,16-/m0/s1. The van der Waals surface area contributed by atoms with Crippen LogP contribution in [0.15, 0.2) is 33.0 Å². The number of fused-ring (bicyclic) bond motifs is 3. The first kappa shape index (κ1) is 18.9. The first-order valence-corrected chi connectivity index (χ1v) is 11.1. The van der Waals surface area contributed by atoms with Crippen LogP contribution in [0.1, 0.15) is 25.1 Å². The smallest absolute Gasteiger partial charge is 0.267 e. The van der Waals surface area contributed by atoms with E-state index < -0.39 is 0 Å². The van der Waals surface area contributed by atoms with E-state index in [4.69, 9.17) is 9.47 Å². The van der Waals surface area contributed by atoms with E-state index in [9.17, 15) is 4.79 Å². The van der Waals surface area contributed by atoms with Crippen molar-refractivity contribution in [1.82, 2.24) is 14.5 Å². The van der Waals surface area contributed by atoms with E-state index in [1.807, 2.05) is 13.0 Å². The van der Waals surface area contributed by atoms with Crippen molar-refractivity contribution < 1.29 is 9.47 Å². The van der Waals surface area contributed by atoms with Crippen molar-refractivity contribution in [3.05, 3.63) is 34.6 Å². The molecule has 2 atom stereocenters. The highest BCUT2D eigenvalue weighted by molar-refractivity contribution is 7.99. The molecular weight excluding hydrogens is 388 g/mol. The van der Waals surface area contributed by atoms with Gasteiger partial charge < -0.3 is 14.4 Å². The molecule has 4 heterocycles. The lowest BCUT2D eigenvalue weighted by Gasteiger charge is -2.33. The predicted molar refractivity (Wildman–Crippen MR) is 111 cm³/mol. The average molecular weight is 415 g/mol. The maximum Gasteiger partial charge on any atom is 0.267 e. The summed E-state index contributed by atoms with van der Waals surface area (Å²) in [4.78, 5) is 25.4. The Bertz CT molecular complexity index is 975. The van der Waals surface area contributed by atoms with Crippen molar-refractivity contribution in [1.29, 1.82) is 0 Å². The summed E-state index contributed by atoms with van der Waals surface area (Å²) in [7, 11) is 1.74. The third kappa shape index (κ3) is 3.75. The highest BCUT2D eigenvalue weighted by Gasteiger charge is 2.39. The summed E-state index contributed by atoms with van der Waals surface area (Å²) in [6, 6.07) is 2.26. The minimum atomic E-state index is -0.0456. The maximum absolute atomic E-state index is 12.6. The summed E-state index contributed by atoms with van der Waals surface area (Å²) in [5.41, 5.74) is -0.0456. The van der Waals surface area contributed by atoms with Gasteiger partial charge in [-0.25, -0.2) is 9.97 Å². The molecule has 0 radical (unpaired) electrons. The number of nitrogens with zero attached hydrogens (tertiary/aromatic N) is 4. The van der Waals surface area contributed by atoms with E-state index in [0.717, 1.165) is 48.6 Å². The molecule has 2 fully saturated rings. The predicted octanol–water partition coefficient (Wildman–Crippen LogP) is 2.65. The average Bonchev–Trinajstić information content (AvgIpc) is 3.45. The molecule has 2 aromatic heterocycles. The lowest BCUT2D eigenvalue weighted by Crippen LogP contribution is -2.39. The molecule has 0 bridgehead atoms. The van der Waals surface area contributed by atoms with Crippen LogP contribution in [0.3, 0.4) is 0 Å². The Morgan fingerprint density at radius 1 is 1.24 bits per heavy atom. The van der Waals surface area contributed by atoms with Gasteiger partial charge in [-0.05, 0) is 38.2 Å². The summed E-state index contributed by atoms with van der Waals surface area (Å²) in [6.45, 7) is 5.15. The second-order valence-electron chi connectivity index (χ2n) is 8.30. The Morgan fingerprint density at radius 3 is 2.90 bits per heavy atom. The zero-order valence-corrected chi connectivity index (χ0v) is 17.7. The fraction of sp³-hybridized carbons (Fsp3) is 0.571. The number of ether oxygens (including phenoxy) is 2. The highest BCUT2D eigenvalue weighted by atomic mass is 32.2. The zero-order chi connectivity index (χ0) is 20.0. The molecule has 2 aliphatic heterocycles. The van der Waals surface area contributed by atoms with E-state index in [1.54, 1.807) is 24.0 Å². The number of pyridine rings is 1. The third-order valence-corrected chi connectivity index (χ3v) is 7.08. The molecule has 1 saturated carbocycles. The van der Waals surface area contributed by atoms with Crippen molar-refractivity contribution >= 4 is 17.6 Å². The van der Waals surface area contributed by atoms with Crippen LogP contribution in [0, 0.1) is 18.8 Å². The van der Waals surface area contributed by atoms with E-state index in [1.165, 1.54) is 24.6 Å². The third-order valence-electron chi connectivity index (χ3n) is 6.04. The van der Waals surface area contributed by atoms with Crippen LogP contribution >= 0.6 is 11.8 Å². The Labute approximate surface area is 174 Å². The first-order chi connectivity index (χ1) is 14.1. The van der Waals surface area contributed by atoms with Gasteiger partial charge in [0.1, 0.15) is 12.4 Å². The Kier molecular flexibility index (Phi) is 4.99. The molecule has 5 rings (SSSR count). The summed E-state index contributed by atoms with van der Waals surface area (Å²) in [5.74, 6) is 3.67. The fourth-order valence-corrected chi connectivity index (χ4v) is 4.99. The molecule has 8 heteroatoms. The number of aryl methyl sites for hydroxylation is 1. The summed E-state index contributed by atoms with van der Waals surface area (Å²) < 4.78 is 13.6. The molecular formula is C21H26N4O3S. The number of hydrogen-bond donors (Lipinski definition) is 0.